The largest absolute Gasteiger partial charge is 0.323 e. The normalized spacial score (nSPS) is 15.2. The molecule has 0 bridgehead atoms. The predicted octanol–water partition coefficient (Wildman–Crippen LogP) is 1.79. The van der Waals surface area contributed by atoms with Crippen molar-refractivity contribution in [1.82, 2.24) is 34.9 Å². The van der Waals surface area contributed by atoms with Gasteiger partial charge in [0.05, 0.1) is 11.2 Å². The third-order valence-electron chi connectivity index (χ3n) is 4.11. The second kappa shape index (κ2) is 6.30. The Morgan fingerprint density at radius 2 is 2.08 bits per heavy atom. The molecule has 134 valence electrons. The smallest absolute Gasteiger partial charge is 0.320 e. The van der Waals surface area contributed by atoms with Crippen molar-refractivity contribution in [2.45, 2.75) is 39.7 Å². The van der Waals surface area contributed by atoms with E-state index in [9.17, 15) is 4.79 Å². The van der Waals surface area contributed by atoms with Crippen LogP contribution in [0.15, 0.2) is 12.1 Å². The van der Waals surface area contributed by atoms with Crippen LogP contribution in [0.3, 0.4) is 0 Å². The highest BCUT2D eigenvalue weighted by atomic mass is 16.2. The van der Waals surface area contributed by atoms with Gasteiger partial charge in [-0.2, -0.15) is 5.10 Å². The minimum Gasteiger partial charge on any atom is -0.320 e. The van der Waals surface area contributed by atoms with Crippen molar-refractivity contribution >= 4 is 17.4 Å². The lowest BCUT2D eigenvalue weighted by atomic mass is 10.1. The molecule has 2 aromatic rings. The van der Waals surface area contributed by atoms with Crippen LogP contribution in [0.25, 0.3) is 5.57 Å². The molecule has 0 aromatic carbocycles. The number of nitrogens with one attached hydrogen (secondary N) is 1. The van der Waals surface area contributed by atoms with Gasteiger partial charge in [-0.3, -0.25) is 5.32 Å². The minimum atomic E-state index is -0.204. The number of tetrazole rings is 1. The van der Waals surface area contributed by atoms with Gasteiger partial charge in [0, 0.05) is 26.2 Å². The first-order valence-electron chi connectivity index (χ1n) is 8.30. The van der Waals surface area contributed by atoms with Crippen LogP contribution in [0.5, 0.6) is 0 Å². The van der Waals surface area contributed by atoms with Gasteiger partial charge in [-0.05, 0) is 50.1 Å². The van der Waals surface area contributed by atoms with Crippen LogP contribution in [0.2, 0.25) is 0 Å². The fourth-order valence-corrected chi connectivity index (χ4v) is 2.85. The SMILES string of the molecule is Cc1cc(NC(=O)N2CC=C(c3nnnn3C)CC2)n(C(C)(C)C)n1. The predicted molar refractivity (Wildman–Crippen MR) is 93.9 cm³/mol. The van der Waals surface area contributed by atoms with E-state index in [1.54, 1.807) is 9.58 Å². The number of carbonyl (C=O) groups is 1. The Bertz CT molecular complexity index is 810. The second-order valence-corrected chi connectivity index (χ2v) is 7.24. The minimum absolute atomic E-state index is 0.128. The summed E-state index contributed by atoms with van der Waals surface area (Å²) in [6.07, 6.45) is 2.72. The molecule has 2 amide bonds. The third-order valence-corrected chi connectivity index (χ3v) is 4.11. The Hall–Kier alpha value is -2.71. The van der Waals surface area contributed by atoms with Gasteiger partial charge in [-0.1, -0.05) is 6.08 Å². The highest BCUT2D eigenvalue weighted by molar-refractivity contribution is 5.89. The van der Waals surface area contributed by atoms with Crippen molar-refractivity contribution in [3.8, 4) is 0 Å². The highest BCUT2D eigenvalue weighted by Crippen LogP contribution is 2.23. The van der Waals surface area contributed by atoms with Crippen molar-refractivity contribution in [3.63, 3.8) is 0 Å². The number of hydrogen-bond donors (Lipinski definition) is 1. The summed E-state index contributed by atoms with van der Waals surface area (Å²) in [7, 11) is 1.81. The first-order valence-corrected chi connectivity index (χ1v) is 8.30. The lowest BCUT2D eigenvalue weighted by Crippen LogP contribution is -2.39. The molecule has 0 fully saturated rings. The van der Waals surface area contributed by atoms with E-state index in [4.69, 9.17) is 0 Å². The summed E-state index contributed by atoms with van der Waals surface area (Å²) in [5.74, 6) is 1.46. The number of urea groups is 1. The quantitative estimate of drug-likeness (QED) is 0.896. The number of rotatable bonds is 2. The van der Waals surface area contributed by atoms with Gasteiger partial charge < -0.3 is 4.90 Å². The van der Waals surface area contributed by atoms with Crippen LogP contribution in [0, 0.1) is 6.92 Å². The van der Waals surface area contributed by atoms with Gasteiger partial charge in [-0.25, -0.2) is 14.2 Å². The van der Waals surface area contributed by atoms with Gasteiger partial charge >= 0.3 is 6.03 Å². The van der Waals surface area contributed by atoms with Crippen LogP contribution in [0.4, 0.5) is 10.6 Å². The van der Waals surface area contributed by atoms with Crippen LogP contribution < -0.4 is 5.32 Å². The van der Waals surface area contributed by atoms with Crippen molar-refractivity contribution in [3.05, 3.63) is 23.7 Å². The van der Waals surface area contributed by atoms with E-state index in [0.29, 0.717) is 18.9 Å². The molecule has 9 nitrogen and oxygen atoms in total. The maximum atomic E-state index is 12.6. The summed E-state index contributed by atoms with van der Waals surface area (Å²) in [5.41, 5.74) is 1.73. The molecule has 3 heterocycles. The zero-order chi connectivity index (χ0) is 18.2. The molecule has 1 aliphatic rings. The number of carbonyl (C=O) groups excluding carboxylic acids is 1. The molecule has 9 heteroatoms. The molecule has 0 atom stereocenters. The second-order valence-electron chi connectivity index (χ2n) is 7.24. The fourth-order valence-electron chi connectivity index (χ4n) is 2.85. The number of aryl methyl sites for hydroxylation is 2. The molecule has 0 radical (unpaired) electrons. The van der Waals surface area contributed by atoms with E-state index < -0.39 is 0 Å². The summed E-state index contributed by atoms with van der Waals surface area (Å²) in [5, 5.41) is 19.0. The van der Waals surface area contributed by atoms with Crippen molar-refractivity contribution < 1.29 is 4.79 Å². The van der Waals surface area contributed by atoms with Crippen LogP contribution in [-0.2, 0) is 12.6 Å². The maximum Gasteiger partial charge on any atom is 0.323 e. The molecule has 3 rings (SSSR count). The topological polar surface area (TPSA) is 93.8 Å². The Morgan fingerprint density at radius 3 is 2.64 bits per heavy atom. The van der Waals surface area contributed by atoms with Crippen molar-refractivity contribution in [1.29, 1.82) is 0 Å². The standard InChI is InChI=1S/C16H24N8O/c1-11-10-13(24(19-11)16(2,3)4)17-15(25)23-8-6-12(7-9-23)14-18-20-21-22(14)5/h6,10H,7-9H2,1-5H3,(H,17,25). The van der Waals surface area contributed by atoms with E-state index in [0.717, 1.165) is 23.5 Å². The molecule has 0 spiro atoms. The van der Waals surface area contributed by atoms with Crippen molar-refractivity contribution in [2.75, 3.05) is 18.4 Å². The average Bonchev–Trinajstić information content (AvgIpc) is 3.13. The number of amides is 2. The average molecular weight is 344 g/mol. The lowest BCUT2D eigenvalue weighted by molar-refractivity contribution is 0.216. The Labute approximate surface area is 146 Å². The molecule has 0 unspecified atom stereocenters. The van der Waals surface area contributed by atoms with Gasteiger partial charge in [0.25, 0.3) is 0 Å². The molecular formula is C16H24N8O. The molecule has 0 saturated carbocycles. The first-order chi connectivity index (χ1) is 11.8. The maximum absolute atomic E-state index is 12.6. The van der Waals surface area contributed by atoms with E-state index >= 15 is 0 Å². The van der Waals surface area contributed by atoms with E-state index in [2.05, 4.69) is 46.7 Å². The van der Waals surface area contributed by atoms with Gasteiger partial charge in [0.2, 0.25) is 0 Å². The molecule has 1 aliphatic heterocycles. The molecule has 2 aromatic heterocycles. The van der Waals surface area contributed by atoms with Gasteiger partial charge in [0.15, 0.2) is 5.82 Å². The number of nitrogens with zero attached hydrogens (tertiary/aromatic N) is 7. The Kier molecular flexibility index (Phi) is 4.32. The summed E-state index contributed by atoms with van der Waals surface area (Å²) in [4.78, 5) is 14.4. The number of aromatic nitrogens is 6. The zero-order valence-corrected chi connectivity index (χ0v) is 15.3. The van der Waals surface area contributed by atoms with E-state index in [-0.39, 0.29) is 11.6 Å². The van der Waals surface area contributed by atoms with E-state index in [1.807, 2.05) is 30.8 Å². The van der Waals surface area contributed by atoms with E-state index in [1.165, 1.54) is 0 Å². The molecule has 1 N–H and O–H groups in total. The Morgan fingerprint density at radius 1 is 1.32 bits per heavy atom. The summed E-state index contributed by atoms with van der Waals surface area (Å²) < 4.78 is 3.49. The molecule has 0 aliphatic carbocycles. The molecular weight excluding hydrogens is 320 g/mol. The summed E-state index contributed by atoms with van der Waals surface area (Å²) in [6, 6.07) is 1.76. The lowest BCUT2D eigenvalue weighted by Gasteiger charge is -2.27. The third kappa shape index (κ3) is 3.54. The van der Waals surface area contributed by atoms with Gasteiger partial charge in [-0.15, -0.1) is 5.10 Å². The number of anilines is 1. The number of hydrogen-bond acceptors (Lipinski definition) is 5. The van der Waals surface area contributed by atoms with Crippen LogP contribution >= 0.6 is 0 Å². The van der Waals surface area contributed by atoms with Gasteiger partial charge in [0.1, 0.15) is 5.82 Å². The fraction of sp³-hybridized carbons (Fsp3) is 0.562. The summed E-state index contributed by atoms with van der Waals surface area (Å²) in [6.45, 7) is 9.23. The summed E-state index contributed by atoms with van der Waals surface area (Å²) >= 11 is 0. The molecule has 0 saturated heterocycles. The van der Waals surface area contributed by atoms with Crippen molar-refractivity contribution in [2.24, 2.45) is 7.05 Å². The zero-order valence-electron chi connectivity index (χ0n) is 15.3. The Balaban J connectivity index is 1.70. The first kappa shape index (κ1) is 17.1. The monoisotopic (exact) mass is 344 g/mol. The van der Waals surface area contributed by atoms with Crippen LogP contribution in [0.1, 0.15) is 38.7 Å². The van der Waals surface area contributed by atoms with Crippen LogP contribution in [-0.4, -0.2) is 54.0 Å². The molecule has 25 heavy (non-hydrogen) atoms. The highest BCUT2D eigenvalue weighted by Gasteiger charge is 2.24.